The Bertz CT molecular complexity index is 749. The van der Waals surface area contributed by atoms with Crippen LogP contribution >= 0.6 is 11.6 Å². The van der Waals surface area contributed by atoms with Crippen LogP contribution in [-0.4, -0.2) is 9.55 Å². The molecule has 0 fully saturated rings. The Kier molecular flexibility index (Phi) is 4.23. The maximum absolute atomic E-state index is 6.00. The molecule has 3 rings (SSSR count). The van der Waals surface area contributed by atoms with E-state index in [1.807, 2.05) is 24.3 Å². The molecule has 0 aliphatic heterocycles. The molecule has 3 aromatic rings. The van der Waals surface area contributed by atoms with Crippen molar-refractivity contribution in [3.05, 3.63) is 64.9 Å². The first-order valence-electron chi connectivity index (χ1n) is 7.17. The summed E-state index contributed by atoms with van der Waals surface area (Å²) in [6.07, 6.45) is 0. The number of fused-ring (bicyclic) bond motifs is 1. The molecule has 4 heteroatoms. The molecule has 0 unspecified atom stereocenters. The maximum atomic E-state index is 6.00. The largest absolute Gasteiger partial charge is 0.327 e. The monoisotopic (exact) mass is 299 g/mol. The molecule has 0 radical (unpaired) electrons. The fraction of sp³-hybridized carbons (Fsp3) is 0.235. The standard InChI is InChI=1S/C17H18ClN3/c1-2-21-16-9-4-3-8-15(16)20-17(21)12-19-11-13-6-5-7-14(18)10-13/h3-10,19H,2,11-12H2,1H3. The Morgan fingerprint density at radius 1 is 1.10 bits per heavy atom. The van der Waals surface area contributed by atoms with Crippen LogP contribution in [0.15, 0.2) is 48.5 Å². The SMILES string of the molecule is CCn1c(CNCc2cccc(Cl)c2)nc2ccccc21. The summed E-state index contributed by atoms with van der Waals surface area (Å²) in [4.78, 5) is 4.71. The number of nitrogens with one attached hydrogen (secondary N) is 1. The molecule has 0 aliphatic carbocycles. The van der Waals surface area contributed by atoms with E-state index in [0.717, 1.165) is 36.0 Å². The van der Waals surface area contributed by atoms with Crippen LogP contribution in [-0.2, 0) is 19.6 Å². The molecule has 1 aromatic heterocycles. The zero-order valence-electron chi connectivity index (χ0n) is 12.0. The highest BCUT2D eigenvalue weighted by molar-refractivity contribution is 6.30. The molecular formula is C17H18ClN3. The van der Waals surface area contributed by atoms with Crippen molar-refractivity contribution >= 4 is 22.6 Å². The lowest BCUT2D eigenvalue weighted by atomic mass is 10.2. The highest BCUT2D eigenvalue weighted by atomic mass is 35.5. The second-order valence-corrected chi connectivity index (χ2v) is 5.43. The van der Waals surface area contributed by atoms with Gasteiger partial charge in [0.1, 0.15) is 5.82 Å². The molecule has 0 aliphatic rings. The predicted octanol–water partition coefficient (Wildman–Crippen LogP) is 4.00. The second-order valence-electron chi connectivity index (χ2n) is 4.99. The average Bonchev–Trinajstić information content (AvgIpc) is 2.84. The molecule has 0 saturated heterocycles. The molecule has 0 bridgehead atoms. The Labute approximate surface area is 129 Å². The smallest absolute Gasteiger partial charge is 0.123 e. The summed E-state index contributed by atoms with van der Waals surface area (Å²) in [5, 5.41) is 4.21. The number of aromatic nitrogens is 2. The van der Waals surface area contributed by atoms with Crippen LogP contribution in [0.3, 0.4) is 0 Å². The van der Waals surface area contributed by atoms with E-state index in [-0.39, 0.29) is 0 Å². The third-order valence-electron chi connectivity index (χ3n) is 3.55. The summed E-state index contributed by atoms with van der Waals surface area (Å²) in [6, 6.07) is 16.2. The normalized spacial score (nSPS) is 11.1. The number of halogens is 1. The van der Waals surface area contributed by atoms with Gasteiger partial charge < -0.3 is 9.88 Å². The third-order valence-corrected chi connectivity index (χ3v) is 3.79. The second kappa shape index (κ2) is 6.29. The van der Waals surface area contributed by atoms with E-state index in [2.05, 4.69) is 41.1 Å². The molecule has 1 heterocycles. The number of benzene rings is 2. The Hall–Kier alpha value is -1.84. The first-order valence-corrected chi connectivity index (χ1v) is 7.55. The van der Waals surface area contributed by atoms with Gasteiger partial charge in [-0.2, -0.15) is 0 Å². The minimum absolute atomic E-state index is 0.745. The van der Waals surface area contributed by atoms with Crippen molar-refractivity contribution in [1.82, 2.24) is 14.9 Å². The van der Waals surface area contributed by atoms with Gasteiger partial charge in [-0.15, -0.1) is 0 Å². The molecule has 2 aromatic carbocycles. The topological polar surface area (TPSA) is 29.9 Å². The van der Waals surface area contributed by atoms with Gasteiger partial charge in [-0.25, -0.2) is 4.98 Å². The lowest BCUT2D eigenvalue weighted by Crippen LogP contribution is -2.16. The van der Waals surface area contributed by atoms with Gasteiger partial charge >= 0.3 is 0 Å². The number of aryl methyl sites for hydroxylation is 1. The van der Waals surface area contributed by atoms with E-state index in [4.69, 9.17) is 16.6 Å². The highest BCUT2D eigenvalue weighted by Crippen LogP contribution is 2.16. The predicted molar refractivity (Wildman–Crippen MR) is 87.4 cm³/mol. The van der Waals surface area contributed by atoms with E-state index in [0.29, 0.717) is 0 Å². The van der Waals surface area contributed by atoms with Crippen LogP contribution in [0.1, 0.15) is 18.3 Å². The Morgan fingerprint density at radius 3 is 2.76 bits per heavy atom. The number of hydrogen-bond donors (Lipinski definition) is 1. The van der Waals surface area contributed by atoms with Crippen LogP contribution in [0, 0.1) is 0 Å². The average molecular weight is 300 g/mol. The first-order chi connectivity index (χ1) is 10.3. The third kappa shape index (κ3) is 3.09. The van der Waals surface area contributed by atoms with Crippen molar-refractivity contribution < 1.29 is 0 Å². The number of para-hydroxylation sites is 2. The van der Waals surface area contributed by atoms with Gasteiger partial charge in [0.05, 0.1) is 17.6 Å². The summed E-state index contributed by atoms with van der Waals surface area (Å²) >= 11 is 6.00. The molecule has 0 saturated carbocycles. The van der Waals surface area contributed by atoms with E-state index >= 15 is 0 Å². The summed E-state index contributed by atoms with van der Waals surface area (Å²) in [7, 11) is 0. The van der Waals surface area contributed by atoms with E-state index in [9.17, 15) is 0 Å². The lowest BCUT2D eigenvalue weighted by molar-refractivity contribution is 0.621. The van der Waals surface area contributed by atoms with Crippen molar-refractivity contribution in [3.8, 4) is 0 Å². The van der Waals surface area contributed by atoms with Crippen molar-refractivity contribution in [3.63, 3.8) is 0 Å². The van der Waals surface area contributed by atoms with Gasteiger partial charge in [0, 0.05) is 18.1 Å². The highest BCUT2D eigenvalue weighted by Gasteiger charge is 2.08. The van der Waals surface area contributed by atoms with Gasteiger partial charge in [0.25, 0.3) is 0 Å². The first kappa shape index (κ1) is 14.1. The molecule has 3 nitrogen and oxygen atoms in total. The number of imidazole rings is 1. The van der Waals surface area contributed by atoms with E-state index in [1.165, 1.54) is 11.1 Å². The van der Waals surface area contributed by atoms with Gasteiger partial charge in [-0.1, -0.05) is 35.9 Å². The quantitative estimate of drug-likeness (QED) is 0.772. The van der Waals surface area contributed by atoms with Crippen molar-refractivity contribution in [2.24, 2.45) is 0 Å². The van der Waals surface area contributed by atoms with Crippen LogP contribution in [0.25, 0.3) is 11.0 Å². The molecule has 1 N–H and O–H groups in total. The molecular weight excluding hydrogens is 282 g/mol. The van der Waals surface area contributed by atoms with Crippen LogP contribution < -0.4 is 5.32 Å². The molecule has 21 heavy (non-hydrogen) atoms. The molecule has 0 spiro atoms. The Balaban J connectivity index is 1.73. The fourth-order valence-corrected chi connectivity index (χ4v) is 2.79. The van der Waals surface area contributed by atoms with Gasteiger partial charge in [0.15, 0.2) is 0 Å². The van der Waals surface area contributed by atoms with Crippen molar-refractivity contribution in [1.29, 1.82) is 0 Å². The van der Waals surface area contributed by atoms with Crippen molar-refractivity contribution in [2.45, 2.75) is 26.6 Å². The zero-order chi connectivity index (χ0) is 14.7. The zero-order valence-corrected chi connectivity index (χ0v) is 12.8. The number of nitrogens with zero attached hydrogens (tertiary/aromatic N) is 2. The molecule has 108 valence electrons. The lowest BCUT2D eigenvalue weighted by Gasteiger charge is -2.08. The summed E-state index contributed by atoms with van der Waals surface area (Å²) in [5.74, 6) is 1.07. The van der Waals surface area contributed by atoms with Crippen molar-refractivity contribution in [2.75, 3.05) is 0 Å². The van der Waals surface area contributed by atoms with Crippen LogP contribution in [0.4, 0.5) is 0 Å². The fourth-order valence-electron chi connectivity index (χ4n) is 2.58. The maximum Gasteiger partial charge on any atom is 0.123 e. The molecule has 0 amide bonds. The summed E-state index contributed by atoms with van der Waals surface area (Å²) < 4.78 is 2.25. The Morgan fingerprint density at radius 2 is 1.95 bits per heavy atom. The van der Waals surface area contributed by atoms with E-state index in [1.54, 1.807) is 0 Å². The van der Waals surface area contributed by atoms with Crippen LogP contribution in [0.2, 0.25) is 5.02 Å². The number of hydrogen-bond acceptors (Lipinski definition) is 2. The van der Waals surface area contributed by atoms with E-state index < -0.39 is 0 Å². The molecule has 0 atom stereocenters. The minimum atomic E-state index is 0.745. The van der Waals surface area contributed by atoms with Gasteiger partial charge in [0.2, 0.25) is 0 Å². The summed E-state index contributed by atoms with van der Waals surface area (Å²) in [6.45, 7) is 4.60. The van der Waals surface area contributed by atoms with Crippen LogP contribution in [0.5, 0.6) is 0 Å². The minimum Gasteiger partial charge on any atom is -0.327 e. The van der Waals surface area contributed by atoms with Gasteiger partial charge in [-0.3, -0.25) is 0 Å². The summed E-state index contributed by atoms with van der Waals surface area (Å²) in [5.41, 5.74) is 3.43. The number of rotatable bonds is 5. The van der Waals surface area contributed by atoms with Gasteiger partial charge in [-0.05, 0) is 36.8 Å².